The lowest BCUT2D eigenvalue weighted by atomic mass is 10.1. The highest BCUT2D eigenvalue weighted by atomic mass is 15.1. The highest BCUT2D eigenvalue weighted by Crippen LogP contribution is 2.15. The molecule has 0 bridgehead atoms. The zero-order chi connectivity index (χ0) is 6.97. The first-order valence-corrected chi connectivity index (χ1v) is 3.89. The number of imidazole rings is 1. The lowest BCUT2D eigenvalue weighted by Crippen LogP contribution is -2.10. The third-order valence-corrected chi connectivity index (χ3v) is 2.20. The predicted octanol–water partition coefficient (Wildman–Crippen LogP) is 2.16. The van der Waals surface area contributed by atoms with E-state index in [0.717, 1.165) is 0 Å². The molecule has 0 aliphatic carbocycles. The van der Waals surface area contributed by atoms with Crippen LogP contribution in [0.5, 0.6) is 0 Å². The van der Waals surface area contributed by atoms with Crippen molar-refractivity contribution in [1.82, 2.24) is 9.55 Å². The van der Waals surface area contributed by atoms with Crippen LogP contribution < -0.4 is 0 Å². The van der Waals surface area contributed by atoms with Crippen molar-refractivity contribution in [3.8, 4) is 0 Å². The van der Waals surface area contributed by atoms with Gasteiger partial charge in [-0.05, 0) is 26.2 Å². The Morgan fingerprint density at radius 1 is 1.45 bits per heavy atom. The number of hydrogen-bond donors (Lipinski definition) is 0. The largest absolute Gasteiger partial charge is 0.332 e. The number of aryl methyl sites for hydroxylation is 2. The van der Waals surface area contributed by atoms with Crippen LogP contribution in [0.2, 0.25) is 0 Å². The fraction of sp³-hybridized carbons (Fsp3) is 0.667. The van der Waals surface area contributed by atoms with Gasteiger partial charge in [-0.2, -0.15) is 0 Å². The highest BCUT2D eigenvalue weighted by Gasteiger charge is 2.09. The smallest absolute Gasteiger partial charge is 0.105 e. The molecule has 0 atom stereocenters. The zero-order valence-corrected chi connectivity index (χ0v) is 6.30. The van der Waals surface area contributed by atoms with Crippen LogP contribution in [0, 0.1) is 6.92 Å². The maximum atomic E-state index is 4.26. The van der Waals surface area contributed by atoms with E-state index in [2.05, 4.69) is 16.5 Å². The van der Waals surface area contributed by atoms with Crippen molar-refractivity contribution < 1.29 is 0 Å². The Bertz CT molecular complexity index is 238. The molecular weight excluding hydrogens is 136 g/mol. The van der Waals surface area contributed by atoms with E-state index >= 15 is 0 Å². The molecule has 0 spiro atoms. The maximum Gasteiger partial charge on any atom is 0.105 e. The van der Waals surface area contributed by atoms with Gasteiger partial charge in [0, 0.05) is 18.4 Å². The van der Waals surface area contributed by atoms with Gasteiger partial charge in [0.25, 0.3) is 0 Å². The molecule has 2 heterocycles. The summed E-state index contributed by atoms with van der Waals surface area (Å²) in [6, 6.07) is 0. The molecule has 1 aliphatic rings. The summed E-state index contributed by atoms with van der Waals surface area (Å²) in [4.78, 5) is 4.26. The van der Waals surface area contributed by atoms with Crippen LogP contribution in [0.25, 0.3) is 0 Å². The van der Waals surface area contributed by atoms with Gasteiger partial charge in [-0.1, -0.05) is 7.43 Å². The van der Waals surface area contributed by atoms with Crippen LogP contribution in [-0.4, -0.2) is 9.55 Å². The first kappa shape index (κ1) is 8.31. The van der Waals surface area contributed by atoms with E-state index in [9.17, 15) is 0 Å². The van der Waals surface area contributed by atoms with Crippen molar-refractivity contribution in [3.63, 3.8) is 0 Å². The van der Waals surface area contributed by atoms with Gasteiger partial charge < -0.3 is 4.57 Å². The Hall–Kier alpha value is -0.790. The molecule has 0 radical (unpaired) electrons. The fourth-order valence-electron chi connectivity index (χ4n) is 1.60. The summed E-state index contributed by atoms with van der Waals surface area (Å²) in [6.45, 7) is 3.26. The monoisotopic (exact) mass is 152 g/mol. The average molecular weight is 152 g/mol. The van der Waals surface area contributed by atoms with Crippen molar-refractivity contribution in [1.29, 1.82) is 0 Å². The topological polar surface area (TPSA) is 17.8 Å². The van der Waals surface area contributed by atoms with Gasteiger partial charge in [-0.15, -0.1) is 0 Å². The number of hydrogen-bond acceptors (Lipinski definition) is 1. The Morgan fingerprint density at radius 3 is 3.00 bits per heavy atom. The van der Waals surface area contributed by atoms with Gasteiger partial charge >= 0.3 is 0 Å². The van der Waals surface area contributed by atoms with E-state index in [1.165, 1.54) is 37.3 Å². The molecule has 0 saturated carbocycles. The normalized spacial score (nSPS) is 15.4. The lowest BCUT2D eigenvalue weighted by Gasteiger charge is -2.14. The first-order valence-electron chi connectivity index (χ1n) is 3.89. The zero-order valence-electron chi connectivity index (χ0n) is 6.30. The van der Waals surface area contributed by atoms with Crippen LogP contribution in [0.1, 0.15) is 31.8 Å². The van der Waals surface area contributed by atoms with Crippen molar-refractivity contribution >= 4 is 0 Å². The molecule has 2 heteroatoms. The number of aromatic nitrogens is 2. The van der Waals surface area contributed by atoms with E-state index in [0.29, 0.717) is 0 Å². The van der Waals surface area contributed by atoms with E-state index in [4.69, 9.17) is 0 Å². The second-order valence-corrected chi connectivity index (χ2v) is 2.91. The standard InChI is InChI=1S/C8H12N2.CH4/c1-7-9-6-8-4-2-3-5-10(7)8;/h6H,2-5H2,1H3;1H4. The second-order valence-electron chi connectivity index (χ2n) is 2.91. The van der Waals surface area contributed by atoms with Crippen LogP contribution in [-0.2, 0) is 13.0 Å². The van der Waals surface area contributed by atoms with Gasteiger partial charge in [-0.25, -0.2) is 4.98 Å². The summed E-state index contributed by atoms with van der Waals surface area (Å²) in [5, 5.41) is 0. The Morgan fingerprint density at radius 2 is 2.27 bits per heavy atom. The quantitative estimate of drug-likeness (QED) is 0.557. The molecule has 1 aromatic heterocycles. The molecule has 0 fully saturated rings. The molecule has 62 valence electrons. The molecule has 0 unspecified atom stereocenters. The third-order valence-electron chi connectivity index (χ3n) is 2.20. The lowest BCUT2D eigenvalue weighted by molar-refractivity contribution is 0.522. The average Bonchev–Trinajstić information content (AvgIpc) is 2.34. The van der Waals surface area contributed by atoms with E-state index in [1.807, 2.05) is 6.20 Å². The minimum Gasteiger partial charge on any atom is -0.332 e. The van der Waals surface area contributed by atoms with Gasteiger partial charge in [-0.3, -0.25) is 0 Å². The van der Waals surface area contributed by atoms with Gasteiger partial charge in [0.05, 0.1) is 0 Å². The molecule has 11 heavy (non-hydrogen) atoms. The number of rotatable bonds is 0. The highest BCUT2D eigenvalue weighted by molar-refractivity contribution is 5.06. The molecule has 0 amide bonds. The summed E-state index contributed by atoms with van der Waals surface area (Å²) in [5.41, 5.74) is 1.42. The number of nitrogens with zero attached hydrogens (tertiary/aromatic N) is 2. The van der Waals surface area contributed by atoms with Crippen molar-refractivity contribution in [2.24, 2.45) is 0 Å². The SMILES string of the molecule is C.Cc1ncc2n1CCCC2. The molecule has 1 aliphatic heterocycles. The van der Waals surface area contributed by atoms with Crippen molar-refractivity contribution in [2.45, 2.75) is 40.2 Å². The first-order chi connectivity index (χ1) is 4.88. The van der Waals surface area contributed by atoms with Crippen molar-refractivity contribution in [3.05, 3.63) is 17.7 Å². The molecular formula is C9H16N2. The summed E-state index contributed by atoms with van der Waals surface area (Å²) in [6.07, 6.45) is 5.89. The van der Waals surface area contributed by atoms with Crippen LogP contribution >= 0.6 is 0 Å². The molecule has 0 saturated heterocycles. The fourth-order valence-corrected chi connectivity index (χ4v) is 1.60. The summed E-state index contributed by atoms with van der Waals surface area (Å²) in [7, 11) is 0. The molecule has 2 rings (SSSR count). The molecule has 0 N–H and O–H groups in total. The predicted molar refractivity (Wildman–Crippen MR) is 46.6 cm³/mol. The van der Waals surface area contributed by atoms with E-state index < -0.39 is 0 Å². The van der Waals surface area contributed by atoms with Crippen LogP contribution in [0.3, 0.4) is 0 Å². The van der Waals surface area contributed by atoms with E-state index in [1.54, 1.807) is 0 Å². The van der Waals surface area contributed by atoms with E-state index in [-0.39, 0.29) is 7.43 Å². The molecule has 1 aromatic rings. The third kappa shape index (κ3) is 1.30. The summed E-state index contributed by atoms with van der Waals surface area (Å²) >= 11 is 0. The van der Waals surface area contributed by atoms with Gasteiger partial charge in [0.2, 0.25) is 0 Å². The molecule has 0 aromatic carbocycles. The minimum absolute atomic E-state index is 0. The minimum atomic E-state index is 0. The Balaban J connectivity index is 0.000000605. The van der Waals surface area contributed by atoms with Crippen LogP contribution in [0.4, 0.5) is 0 Å². The number of fused-ring (bicyclic) bond motifs is 1. The summed E-state index contributed by atoms with van der Waals surface area (Å²) in [5.74, 6) is 1.18. The van der Waals surface area contributed by atoms with Gasteiger partial charge in [0.1, 0.15) is 5.82 Å². The second kappa shape index (κ2) is 3.07. The summed E-state index contributed by atoms with van der Waals surface area (Å²) < 4.78 is 2.32. The maximum absolute atomic E-state index is 4.26. The van der Waals surface area contributed by atoms with Crippen molar-refractivity contribution in [2.75, 3.05) is 0 Å². The van der Waals surface area contributed by atoms with Gasteiger partial charge in [0.15, 0.2) is 0 Å². The molecule has 2 nitrogen and oxygen atoms in total. The Kier molecular flexibility index (Phi) is 2.32. The van der Waals surface area contributed by atoms with Crippen LogP contribution in [0.15, 0.2) is 6.20 Å². The Labute approximate surface area is 68.3 Å².